The molecule has 1 aromatic carbocycles. The van der Waals surface area contributed by atoms with Gasteiger partial charge >= 0.3 is 5.97 Å². The van der Waals surface area contributed by atoms with Crippen molar-refractivity contribution in [3.05, 3.63) is 118 Å². The van der Waals surface area contributed by atoms with E-state index >= 15 is 14.4 Å². The largest absolute Gasteiger partial charge is 0.463 e. The first kappa shape index (κ1) is 49.3. The van der Waals surface area contributed by atoms with Gasteiger partial charge in [-0.2, -0.15) is 0 Å². The Kier molecular flexibility index (Phi) is 13.9. The van der Waals surface area contributed by atoms with Crippen molar-refractivity contribution in [3.8, 4) is 0 Å². The summed E-state index contributed by atoms with van der Waals surface area (Å²) in [7, 11) is 3.69. The van der Waals surface area contributed by atoms with Crippen LogP contribution in [0.25, 0.3) is 0 Å². The first-order valence-corrected chi connectivity index (χ1v) is 26.6. The Morgan fingerprint density at radius 1 is 1.04 bits per heavy atom. The summed E-state index contributed by atoms with van der Waals surface area (Å²) >= 11 is 0. The van der Waals surface area contributed by atoms with E-state index in [1.54, 1.807) is 13.1 Å². The highest BCUT2D eigenvalue weighted by atomic mass is 16.7. The van der Waals surface area contributed by atoms with Crippen LogP contribution < -0.4 is 43.0 Å². The number of guanidine groups is 1. The van der Waals surface area contributed by atoms with Gasteiger partial charge in [-0.3, -0.25) is 14.6 Å². The minimum Gasteiger partial charge on any atom is -0.463 e. The molecule has 2 saturated heterocycles. The van der Waals surface area contributed by atoms with Gasteiger partial charge in [0.05, 0.1) is 25.0 Å². The highest BCUT2D eigenvalue weighted by Crippen LogP contribution is 2.60. The van der Waals surface area contributed by atoms with Gasteiger partial charge in [0.15, 0.2) is 17.3 Å². The van der Waals surface area contributed by atoms with Crippen LogP contribution >= 0.6 is 0 Å². The smallest absolute Gasteiger partial charge is 0.350 e. The van der Waals surface area contributed by atoms with Crippen LogP contribution in [0, 0.1) is 35.0 Å². The number of nitrogens with zero attached hydrogens (tertiary/aromatic N) is 1. The molecule has 10 aliphatic rings. The first-order valence-electron chi connectivity index (χ1n) is 26.6. The second kappa shape index (κ2) is 20.0. The fourth-order valence-electron chi connectivity index (χ4n) is 14.3. The molecule has 14 heteroatoms. The third kappa shape index (κ3) is 9.05. The number of carbonyl (C=O) groups excluding carboxylic acids is 3. The number of rotatable bonds is 12. The average molecular weight is 968 g/mol. The van der Waals surface area contributed by atoms with E-state index in [-0.39, 0.29) is 42.4 Å². The van der Waals surface area contributed by atoms with Crippen molar-refractivity contribution in [2.45, 2.75) is 127 Å². The molecule has 14 nitrogen and oxygen atoms in total. The van der Waals surface area contributed by atoms with Crippen molar-refractivity contribution in [1.82, 2.24) is 37.2 Å². The van der Waals surface area contributed by atoms with Crippen LogP contribution in [0.2, 0.25) is 0 Å². The molecule has 3 fully saturated rings. The molecule has 1 spiro atoms. The quantitative estimate of drug-likeness (QED) is 0.0407. The zero-order valence-electron chi connectivity index (χ0n) is 42.6. The number of nitrogens with one attached hydrogen (secondary N) is 7. The molecular weight excluding hydrogens is 891 g/mol. The molecule has 11 rings (SSSR count). The van der Waals surface area contributed by atoms with Crippen molar-refractivity contribution in [1.29, 1.82) is 0 Å². The van der Waals surface area contributed by atoms with Crippen LogP contribution in [0.3, 0.4) is 0 Å². The predicted octanol–water partition coefficient (Wildman–Crippen LogP) is 5.88. The highest BCUT2D eigenvalue weighted by Gasteiger charge is 2.85. The number of benzene rings is 1. The molecule has 71 heavy (non-hydrogen) atoms. The van der Waals surface area contributed by atoms with E-state index in [0.29, 0.717) is 66.8 Å². The maximum atomic E-state index is 15.8. The van der Waals surface area contributed by atoms with Gasteiger partial charge in [-0.05, 0) is 142 Å². The molecule has 6 aliphatic heterocycles. The Morgan fingerprint density at radius 3 is 2.72 bits per heavy atom. The highest BCUT2D eigenvalue weighted by molar-refractivity contribution is 6.33. The molecule has 0 amide bonds. The molecule has 11 unspecified atom stereocenters. The van der Waals surface area contributed by atoms with Gasteiger partial charge in [0.2, 0.25) is 5.78 Å². The number of hydrogen-bond donors (Lipinski definition) is 8. The first-order chi connectivity index (χ1) is 34.4. The minimum atomic E-state index is -2.11. The number of nitrogens with two attached hydrogens (primary N) is 1. The number of ether oxygens (including phenoxy) is 2. The zero-order chi connectivity index (χ0) is 49.5. The van der Waals surface area contributed by atoms with E-state index in [9.17, 15) is 0 Å². The van der Waals surface area contributed by atoms with Crippen molar-refractivity contribution in [2.24, 2.45) is 45.7 Å². The van der Waals surface area contributed by atoms with Gasteiger partial charge in [0, 0.05) is 55.8 Å². The van der Waals surface area contributed by atoms with E-state index in [1.807, 2.05) is 37.5 Å². The summed E-state index contributed by atoms with van der Waals surface area (Å²) < 4.78 is 13.2. The van der Waals surface area contributed by atoms with E-state index in [4.69, 9.17) is 15.2 Å². The number of esters is 1. The van der Waals surface area contributed by atoms with Gasteiger partial charge in [-0.25, -0.2) is 4.79 Å². The molecule has 4 aliphatic carbocycles. The second-order valence-electron chi connectivity index (χ2n) is 22.3. The summed E-state index contributed by atoms with van der Waals surface area (Å²) in [6.07, 6.45) is 29.4. The Labute approximate surface area is 420 Å². The third-order valence-corrected chi connectivity index (χ3v) is 17.7. The van der Waals surface area contributed by atoms with Crippen molar-refractivity contribution >= 4 is 23.5 Å². The Morgan fingerprint density at radius 2 is 1.92 bits per heavy atom. The van der Waals surface area contributed by atoms with Crippen LogP contribution in [-0.2, 0) is 20.7 Å². The SMILES string of the molecule is CCNC1C=C2C=CCC3C4CCCC(C)(CC5=CNC(N)C=C5)Cc5cccc6c5C(=O)C5(OC5(CC=C(C)CC5(C7=CCNC(NCNC)=C7)CCCNC(=NC)N5)C6=O)C(=O)OCC1C(CC4)C23. The summed E-state index contributed by atoms with van der Waals surface area (Å²) in [5, 5.41) is 24.3. The van der Waals surface area contributed by atoms with Crippen LogP contribution in [0.4, 0.5) is 0 Å². The summed E-state index contributed by atoms with van der Waals surface area (Å²) in [5.41, 5.74) is 7.56. The van der Waals surface area contributed by atoms with E-state index in [2.05, 4.69) is 99.4 Å². The zero-order valence-corrected chi connectivity index (χ0v) is 42.6. The monoisotopic (exact) mass is 968 g/mol. The molecule has 6 bridgehead atoms. The summed E-state index contributed by atoms with van der Waals surface area (Å²) in [6, 6.07) is 5.63. The van der Waals surface area contributed by atoms with Gasteiger partial charge in [0.25, 0.3) is 5.60 Å². The van der Waals surface area contributed by atoms with Crippen molar-refractivity contribution in [3.63, 3.8) is 0 Å². The maximum Gasteiger partial charge on any atom is 0.350 e. The minimum absolute atomic E-state index is 0.00131. The maximum absolute atomic E-state index is 15.8. The summed E-state index contributed by atoms with van der Waals surface area (Å²) in [4.78, 5) is 51.2. The molecule has 11 atom stereocenters. The third-order valence-electron chi connectivity index (χ3n) is 17.7. The molecule has 380 valence electrons. The molecule has 0 radical (unpaired) electrons. The lowest BCUT2D eigenvalue weighted by Crippen LogP contribution is -2.53. The van der Waals surface area contributed by atoms with Crippen LogP contribution in [0.1, 0.15) is 118 Å². The van der Waals surface area contributed by atoms with Crippen LogP contribution in [0.5, 0.6) is 0 Å². The number of aliphatic imine (C=N–C) groups is 1. The standard InChI is InChI=1S/C57H77N9O5/c1-6-61-45-27-38-11-7-14-41-37-13-9-22-54(3,30-36-16-19-46(58)64-32-36)31-39-12-8-15-43-49(39)51(68)57(52(69)70-33-44(45)42(18-17-37)48(38)41)56(71-57,50(43)67)24-20-35(2)29-55(23-10-25-63-53(60-5)66-55)40-21-26-62-47(28-40)65-34-59-4/h7-8,11-12,15-16,19-21,27-28,32,37,41-42,44-46,48,59,61-62,64-65H,6,9-10,13-14,17-18,22-26,29-31,33-34,58H2,1-5H3,(H2,60,63,66). The molecule has 1 aromatic rings. The molecular formula is C57H77N9O5. The van der Waals surface area contributed by atoms with E-state index in [1.165, 1.54) is 5.57 Å². The normalized spacial score (nSPS) is 37.0. The average Bonchev–Trinajstić information content (AvgIpc) is 4.12. The lowest BCUT2D eigenvalue weighted by molar-refractivity contribution is -0.151. The van der Waals surface area contributed by atoms with Gasteiger partial charge in [-0.15, -0.1) is 0 Å². The summed E-state index contributed by atoms with van der Waals surface area (Å²) in [5.74, 6) is 1.90. The number of Topliss-reactive ketones (excluding diaryl/α,β-unsaturated/α-hetero) is 2. The lowest BCUT2D eigenvalue weighted by atomic mass is 9.54. The number of carbonyl (C=O) groups is 3. The van der Waals surface area contributed by atoms with Gasteiger partial charge < -0.3 is 52.4 Å². The van der Waals surface area contributed by atoms with Crippen molar-refractivity contribution in [2.75, 3.05) is 47.0 Å². The fraction of sp³-hybridized carbons (Fsp3) is 0.579. The number of likely N-dealkylation sites (N-methyl/N-ethyl adjacent to an activating group) is 1. The lowest BCUT2D eigenvalue weighted by Gasteiger charge is -2.52. The fourth-order valence-corrected chi connectivity index (χ4v) is 14.3. The van der Waals surface area contributed by atoms with Gasteiger partial charge in [0.1, 0.15) is 5.82 Å². The van der Waals surface area contributed by atoms with Crippen LogP contribution in [0.15, 0.2) is 106 Å². The Balaban J connectivity index is 1.03. The Bertz CT molecular complexity index is 2540. The topological polar surface area (TPSA) is 196 Å². The number of allylic oxidation sites excluding steroid dienone is 5. The van der Waals surface area contributed by atoms with Crippen molar-refractivity contribution < 1.29 is 23.9 Å². The molecule has 0 aromatic heterocycles. The number of dihydropyridines is 2. The van der Waals surface area contributed by atoms with Crippen LogP contribution in [-0.4, -0.2) is 99.4 Å². The van der Waals surface area contributed by atoms with E-state index in [0.717, 1.165) is 99.0 Å². The Hall–Kier alpha value is -5.28. The number of epoxide rings is 1. The predicted molar refractivity (Wildman–Crippen MR) is 278 cm³/mol. The van der Waals surface area contributed by atoms with Gasteiger partial charge in [-0.1, -0.05) is 86.9 Å². The molecule has 1 saturated carbocycles. The number of hydrogen-bond acceptors (Lipinski definition) is 12. The number of fused-ring (bicyclic) bond motifs is 7. The number of ketones is 2. The molecule has 9 N–H and O–H groups in total. The van der Waals surface area contributed by atoms with E-state index < -0.39 is 28.5 Å². The summed E-state index contributed by atoms with van der Waals surface area (Å²) in [6.45, 7) is 9.45. The second-order valence-corrected chi connectivity index (χ2v) is 22.3. The molecule has 6 heterocycles.